The van der Waals surface area contributed by atoms with E-state index in [1.807, 2.05) is 23.6 Å². The summed E-state index contributed by atoms with van der Waals surface area (Å²) in [5.74, 6) is 0.999. The third kappa shape index (κ3) is 4.93. The van der Waals surface area contributed by atoms with Crippen LogP contribution in [-0.2, 0) is 5.41 Å². The summed E-state index contributed by atoms with van der Waals surface area (Å²) in [5, 5.41) is 7.77. The Morgan fingerprint density at radius 2 is 1.20 bits per heavy atom. The molecule has 258 valence electrons. The van der Waals surface area contributed by atoms with Gasteiger partial charge in [0.15, 0.2) is 8.07 Å². The topological polar surface area (TPSA) is 29.0 Å². The van der Waals surface area contributed by atoms with Crippen molar-refractivity contribution in [1.82, 2.24) is 9.97 Å². The van der Waals surface area contributed by atoms with Crippen LogP contribution >= 0.6 is 11.3 Å². The van der Waals surface area contributed by atoms with Gasteiger partial charge in [-0.15, -0.1) is 11.3 Å². The summed E-state index contributed by atoms with van der Waals surface area (Å²) in [6.07, 6.45) is 3.98. The Labute approximate surface area is 320 Å². The lowest BCUT2D eigenvalue weighted by molar-refractivity contribution is 0.635. The zero-order valence-corrected chi connectivity index (χ0v) is 32.0. The van der Waals surface area contributed by atoms with E-state index in [-0.39, 0.29) is 5.41 Å². The first-order valence-electron chi connectivity index (χ1n) is 18.5. The van der Waals surface area contributed by atoms with Gasteiger partial charge in [0.1, 0.15) is 5.82 Å². The second kappa shape index (κ2) is 12.8. The fourth-order valence-electron chi connectivity index (χ4n) is 8.81. The maximum absolute atomic E-state index is 5.37. The Morgan fingerprint density at radius 1 is 0.556 bits per heavy atom. The number of aromatic nitrogens is 2. The molecule has 0 N–H and O–H groups in total. The van der Waals surface area contributed by atoms with Gasteiger partial charge >= 0.3 is 0 Å². The second-order valence-electron chi connectivity index (χ2n) is 14.6. The van der Waals surface area contributed by atoms with Crippen molar-refractivity contribution in [3.63, 3.8) is 0 Å². The molecule has 0 amide bonds. The minimum Gasteiger partial charge on any atom is -0.294 e. The molecule has 0 radical (unpaired) electrons. The Balaban J connectivity index is 1.26. The molecule has 10 rings (SSSR count). The number of benzene rings is 6. The highest BCUT2D eigenvalue weighted by molar-refractivity contribution is 7.26. The summed E-state index contributed by atoms with van der Waals surface area (Å²) >= 11 is 1.88. The number of anilines is 3. The van der Waals surface area contributed by atoms with E-state index in [9.17, 15) is 0 Å². The molecule has 5 heteroatoms. The van der Waals surface area contributed by atoms with Crippen molar-refractivity contribution in [1.29, 1.82) is 0 Å². The molecular formula is C49H37N3SSi. The molecule has 4 heterocycles. The van der Waals surface area contributed by atoms with Crippen molar-refractivity contribution < 1.29 is 0 Å². The number of nitrogens with zero attached hydrogens (tertiary/aromatic N) is 3. The molecular weight excluding hydrogens is 691 g/mol. The van der Waals surface area contributed by atoms with E-state index in [1.54, 1.807) is 0 Å². The molecule has 3 aromatic heterocycles. The third-order valence-electron chi connectivity index (χ3n) is 11.3. The molecule has 0 bridgehead atoms. The quantitative estimate of drug-likeness (QED) is 0.126. The van der Waals surface area contributed by atoms with E-state index >= 15 is 0 Å². The van der Waals surface area contributed by atoms with Crippen molar-refractivity contribution in [3.8, 4) is 11.3 Å². The van der Waals surface area contributed by atoms with Crippen LogP contribution in [0.1, 0.15) is 25.0 Å². The van der Waals surface area contributed by atoms with E-state index in [2.05, 4.69) is 195 Å². The van der Waals surface area contributed by atoms with Gasteiger partial charge in [0.25, 0.3) is 0 Å². The molecule has 0 atom stereocenters. The second-order valence-corrected chi connectivity index (χ2v) is 19.5. The van der Waals surface area contributed by atoms with Crippen LogP contribution in [0.2, 0.25) is 0 Å². The first-order chi connectivity index (χ1) is 26.5. The van der Waals surface area contributed by atoms with Crippen LogP contribution in [-0.4, -0.2) is 18.0 Å². The molecule has 0 saturated heterocycles. The van der Waals surface area contributed by atoms with Crippen LogP contribution in [0.15, 0.2) is 188 Å². The molecule has 54 heavy (non-hydrogen) atoms. The molecule has 3 nitrogen and oxygen atoms in total. The smallest absolute Gasteiger partial charge is 0.179 e. The highest BCUT2D eigenvalue weighted by Crippen LogP contribution is 2.54. The average Bonchev–Trinajstić information content (AvgIpc) is 3.61. The third-order valence-corrected chi connectivity index (χ3v) is 17.2. The maximum Gasteiger partial charge on any atom is 0.179 e. The zero-order chi connectivity index (χ0) is 36.3. The lowest BCUT2D eigenvalue weighted by atomic mass is 9.74. The number of rotatable bonds is 6. The highest BCUT2D eigenvalue weighted by Gasteiger charge is 2.43. The predicted molar refractivity (Wildman–Crippen MR) is 231 cm³/mol. The molecule has 1 aliphatic rings. The van der Waals surface area contributed by atoms with E-state index < -0.39 is 8.07 Å². The Morgan fingerprint density at radius 3 is 1.96 bits per heavy atom. The Kier molecular flexibility index (Phi) is 7.68. The number of para-hydroxylation sites is 1. The highest BCUT2D eigenvalue weighted by atomic mass is 32.1. The van der Waals surface area contributed by atoms with Crippen LogP contribution in [0.25, 0.3) is 31.4 Å². The summed E-state index contributed by atoms with van der Waals surface area (Å²) in [7, 11) is -2.91. The summed E-state index contributed by atoms with van der Waals surface area (Å²) in [6, 6.07) is 64.5. The van der Waals surface area contributed by atoms with Gasteiger partial charge in [0, 0.05) is 54.8 Å². The van der Waals surface area contributed by atoms with Crippen LogP contribution in [0.3, 0.4) is 0 Å². The molecule has 1 aliphatic heterocycles. The lowest BCUT2D eigenvalue weighted by Crippen LogP contribution is -2.74. The molecule has 0 fully saturated rings. The van der Waals surface area contributed by atoms with Gasteiger partial charge in [-0.25, -0.2) is 4.98 Å². The van der Waals surface area contributed by atoms with Crippen molar-refractivity contribution in [3.05, 3.63) is 199 Å². The SMILES string of the molecule is CC1(C)c2ccccc2N(c2cccc([Si](c3ccccc3)(c3ccccc3)c3cccc(-c4ccccn4)c3)c2)c2ncc3c(sc4ccccc43)c21. The van der Waals surface area contributed by atoms with Gasteiger partial charge in [0.2, 0.25) is 0 Å². The fourth-order valence-corrected chi connectivity index (χ4v) is 15.0. The maximum atomic E-state index is 5.37. The van der Waals surface area contributed by atoms with Gasteiger partial charge in [-0.05, 0) is 62.7 Å². The van der Waals surface area contributed by atoms with E-state index in [0.29, 0.717) is 0 Å². The average molecular weight is 728 g/mol. The van der Waals surface area contributed by atoms with Gasteiger partial charge < -0.3 is 0 Å². The molecule has 0 unspecified atom stereocenters. The minimum atomic E-state index is -2.91. The standard InChI is InChI=1S/C49H37N3SSi/c1-49(2)42-26-10-11-28-44(42)52(48-46(49)47-41(33-51-48)40-25-9-12-29-45(40)53-47)35-18-16-24-39(32-35)54(36-19-5-3-6-20-36,37-21-7-4-8-22-37)38-23-15-17-34(31-38)43-27-13-14-30-50-43/h3-33H,1-2H3. The minimum absolute atomic E-state index is 0.258. The Hall–Kier alpha value is -6.14. The van der Waals surface area contributed by atoms with Crippen LogP contribution in [0.4, 0.5) is 17.2 Å². The largest absolute Gasteiger partial charge is 0.294 e. The zero-order valence-electron chi connectivity index (χ0n) is 30.1. The van der Waals surface area contributed by atoms with Crippen LogP contribution in [0.5, 0.6) is 0 Å². The van der Waals surface area contributed by atoms with E-state index in [1.165, 1.54) is 57.7 Å². The van der Waals surface area contributed by atoms with Gasteiger partial charge in [-0.2, -0.15) is 0 Å². The van der Waals surface area contributed by atoms with Crippen molar-refractivity contribution in [2.75, 3.05) is 4.90 Å². The first-order valence-corrected chi connectivity index (χ1v) is 21.3. The predicted octanol–water partition coefficient (Wildman–Crippen LogP) is 10.00. The number of thiophene rings is 1. The summed E-state index contributed by atoms with van der Waals surface area (Å²) in [4.78, 5) is 12.5. The van der Waals surface area contributed by atoms with E-state index in [0.717, 1.165) is 22.8 Å². The molecule has 0 aliphatic carbocycles. The van der Waals surface area contributed by atoms with Gasteiger partial charge in [0.05, 0.1) is 11.4 Å². The van der Waals surface area contributed by atoms with Crippen LogP contribution < -0.4 is 25.6 Å². The molecule has 9 aromatic rings. The number of hydrogen-bond donors (Lipinski definition) is 0. The molecule has 0 saturated carbocycles. The summed E-state index contributed by atoms with van der Waals surface area (Å²) in [6.45, 7) is 4.72. The first kappa shape index (κ1) is 32.5. The molecule has 0 spiro atoms. The normalized spacial score (nSPS) is 13.5. The summed E-state index contributed by atoms with van der Waals surface area (Å²) < 4.78 is 2.60. The van der Waals surface area contributed by atoms with Crippen molar-refractivity contribution >= 4 is 77.5 Å². The molecule has 6 aromatic carbocycles. The van der Waals surface area contributed by atoms with Crippen LogP contribution in [0, 0.1) is 0 Å². The van der Waals surface area contributed by atoms with Gasteiger partial charge in [-0.1, -0.05) is 153 Å². The number of hydrogen-bond acceptors (Lipinski definition) is 4. The number of pyridine rings is 2. The monoisotopic (exact) mass is 727 g/mol. The number of fused-ring (bicyclic) bond motifs is 6. The van der Waals surface area contributed by atoms with Crippen molar-refractivity contribution in [2.24, 2.45) is 0 Å². The van der Waals surface area contributed by atoms with Crippen molar-refractivity contribution in [2.45, 2.75) is 19.3 Å². The van der Waals surface area contributed by atoms with Gasteiger partial charge in [-0.3, -0.25) is 9.88 Å². The lowest BCUT2D eigenvalue weighted by Gasteiger charge is -2.42. The summed E-state index contributed by atoms with van der Waals surface area (Å²) in [5.41, 5.74) is 6.69. The van der Waals surface area contributed by atoms with E-state index in [4.69, 9.17) is 9.97 Å². The Bertz CT molecular complexity index is 2770. The fraction of sp³-hybridized carbons (Fsp3) is 0.0612.